The van der Waals surface area contributed by atoms with E-state index in [1.807, 2.05) is 13.0 Å². The van der Waals surface area contributed by atoms with E-state index in [0.29, 0.717) is 25.2 Å². The lowest BCUT2D eigenvalue weighted by Crippen LogP contribution is -2.63. The van der Waals surface area contributed by atoms with Crippen molar-refractivity contribution in [2.24, 2.45) is 16.7 Å². The maximum absolute atomic E-state index is 13.9. The molecule has 1 saturated heterocycles. The maximum atomic E-state index is 13.9. The van der Waals surface area contributed by atoms with Crippen LogP contribution in [0.1, 0.15) is 57.6 Å². The van der Waals surface area contributed by atoms with Crippen molar-refractivity contribution in [3.8, 4) is 0 Å². The average molecular weight is 376 g/mol. The fourth-order valence-corrected chi connectivity index (χ4v) is 6.23. The lowest BCUT2D eigenvalue weighted by atomic mass is 9.47. The summed E-state index contributed by atoms with van der Waals surface area (Å²) < 4.78 is 32.2. The fourth-order valence-electron chi connectivity index (χ4n) is 6.23. The number of hydrogen-bond donors (Lipinski definition) is 0. The molecule has 27 heavy (non-hydrogen) atoms. The van der Waals surface area contributed by atoms with Crippen molar-refractivity contribution in [2.45, 2.75) is 57.8 Å². The number of carbonyl (C=O) groups excluding carboxylic acids is 1. The molecule has 0 radical (unpaired) electrons. The van der Waals surface area contributed by atoms with Gasteiger partial charge in [0.25, 0.3) is 0 Å². The van der Waals surface area contributed by atoms with Crippen molar-refractivity contribution in [3.63, 3.8) is 0 Å². The Labute approximate surface area is 160 Å². The predicted molar refractivity (Wildman–Crippen MR) is 98.6 cm³/mol. The van der Waals surface area contributed by atoms with Crippen molar-refractivity contribution in [1.82, 2.24) is 0 Å². The lowest BCUT2D eigenvalue weighted by Gasteiger charge is -2.61. The van der Waals surface area contributed by atoms with Crippen LogP contribution < -0.4 is 0 Å². The van der Waals surface area contributed by atoms with E-state index in [4.69, 9.17) is 14.2 Å². The van der Waals surface area contributed by atoms with Gasteiger partial charge in [-0.05, 0) is 49.8 Å². The summed E-state index contributed by atoms with van der Waals surface area (Å²) >= 11 is 0. The van der Waals surface area contributed by atoms with Crippen molar-refractivity contribution in [2.75, 3.05) is 20.3 Å². The Morgan fingerprint density at radius 1 is 1.22 bits per heavy atom. The molecule has 4 nitrogen and oxygen atoms in total. The molecule has 4 atom stereocenters. The highest BCUT2D eigenvalue weighted by Gasteiger charge is 2.67. The fraction of sp³-hybridized carbons (Fsp3) is 0.682. The highest BCUT2D eigenvalue weighted by atomic mass is 19.1. The number of benzene rings is 1. The summed E-state index contributed by atoms with van der Waals surface area (Å²) in [6.45, 7) is 5.42. The Kier molecular flexibility index (Phi) is 4.68. The molecule has 0 amide bonds. The molecule has 0 bridgehead atoms. The first-order valence-electron chi connectivity index (χ1n) is 9.97. The van der Waals surface area contributed by atoms with Gasteiger partial charge in [-0.3, -0.25) is 4.79 Å². The average Bonchev–Trinajstić information content (AvgIpc) is 3.12. The highest BCUT2D eigenvalue weighted by molar-refractivity contribution is 5.87. The summed E-state index contributed by atoms with van der Waals surface area (Å²) in [4.78, 5) is 13.3. The SMILES string of the molecule is CO[C@@H](c1cccc(F)c1)[C@]1(C)C(=O)CC[C@@]2(C)[C@H]1CCCC21OCCO1. The molecule has 0 unspecified atom stereocenters. The standard InChI is InChI=1S/C22H29FO4/c1-20-11-9-18(24)21(2,19(25-3)15-6-4-7-16(23)14-15)17(20)8-5-10-22(20)26-12-13-27-22/h4,6-7,14,17,19H,5,8-13H2,1-3H3/t17-,19+,20+,21+/m1/s1. The van der Waals surface area contributed by atoms with Gasteiger partial charge in [0.2, 0.25) is 0 Å². The summed E-state index contributed by atoms with van der Waals surface area (Å²) in [6, 6.07) is 6.43. The monoisotopic (exact) mass is 376 g/mol. The third kappa shape index (κ3) is 2.62. The summed E-state index contributed by atoms with van der Waals surface area (Å²) in [5.41, 5.74) is -0.308. The van der Waals surface area contributed by atoms with E-state index in [0.717, 1.165) is 25.7 Å². The van der Waals surface area contributed by atoms with Gasteiger partial charge in [0, 0.05) is 25.4 Å². The van der Waals surface area contributed by atoms with Gasteiger partial charge in [0.05, 0.1) is 24.7 Å². The van der Waals surface area contributed by atoms with Crippen molar-refractivity contribution >= 4 is 5.78 Å². The first kappa shape index (κ1) is 19.0. The molecule has 2 aliphatic carbocycles. The minimum absolute atomic E-state index is 0.0475. The third-order valence-electron chi connectivity index (χ3n) is 7.52. The number of methoxy groups -OCH3 is 1. The molecule has 5 heteroatoms. The molecule has 1 aliphatic heterocycles. The minimum Gasteiger partial charge on any atom is -0.376 e. The molecule has 1 spiro atoms. The first-order valence-corrected chi connectivity index (χ1v) is 9.97. The molecule has 0 aromatic heterocycles. The second-order valence-corrected chi connectivity index (χ2v) is 8.69. The van der Waals surface area contributed by atoms with Crippen molar-refractivity contribution < 1.29 is 23.4 Å². The molecule has 1 aromatic carbocycles. The quantitative estimate of drug-likeness (QED) is 0.783. The molecular formula is C22H29FO4. The van der Waals surface area contributed by atoms with E-state index >= 15 is 0 Å². The van der Waals surface area contributed by atoms with E-state index in [-0.39, 0.29) is 22.9 Å². The van der Waals surface area contributed by atoms with Gasteiger partial charge in [0.1, 0.15) is 11.6 Å². The number of halogens is 1. The van der Waals surface area contributed by atoms with Crippen molar-refractivity contribution in [3.05, 3.63) is 35.6 Å². The second kappa shape index (κ2) is 6.64. The number of fused-ring (bicyclic) bond motifs is 2. The van der Waals surface area contributed by atoms with Gasteiger partial charge in [-0.25, -0.2) is 4.39 Å². The van der Waals surface area contributed by atoms with E-state index in [1.54, 1.807) is 13.2 Å². The van der Waals surface area contributed by atoms with Gasteiger partial charge < -0.3 is 14.2 Å². The van der Waals surface area contributed by atoms with E-state index in [2.05, 4.69) is 6.92 Å². The molecule has 3 fully saturated rings. The van der Waals surface area contributed by atoms with Crippen LogP contribution >= 0.6 is 0 Å². The number of Topliss-reactive ketones (excluding diaryl/α,β-unsaturated/α-hetero) is 1. The van der Waals surface area contributed by atoms with Crippen LogP contribution in [0, 0.1) is 22.6 Å². The summed E-state index contributed by atoms with van der Waals surface area (Å²) in [5.74, 6) is -0.688. The molecule has 1 aromatic rings. The van der Waals surface area contributed by atoms with Crippen LogP contribution in [0.25, 0.3) is 0 Å². The van der Waals surface area contributed by atoms with Gasteiger partial charge >= 0.3 is 0 Å². The Hall–Kier alpha value is -1.30. The Balaban J connectivity index is 1.80. The summed E-state index contributed by atoms with van der Waals surface area (Å²) in [7, 11) is 1.61. The van der Waals surface area contributed by atoms with Crippen LogP contribution in [0.15, 0.2) is 24.3 Å². The van der Waals surface area contributed by atoms with Gasteiger partial charge in [-0.15, -0.1) is 0 Å². The van der Waals surface area contributed by atoms with E-state index in [1.165, 1.54) is 12.1 Å². The second-order valence-electron chi connectivity index (χ2n) is 8.69. The van der Waals surface area contributed by atoms with Crippen LogP contribution in [-0.2, 0) is 19.0 Å². The molecular weight excluding hydrogens is 347 g/mol. The van der Waals surface area contributed by atoms with Crippen LogP contribution in [-0.4, -0.2) is 31.9 Å². The van der Waals surface area contributed by atoms with E-state index in [9.17, 15) is 9.18 Å². The number of carbonyl (C=O) groups is 1. The van der Waals surface area contributed by atoms with E-state index < -0.39 is 17.3 Å². The van der Waals surface area contributed by atoms with Crippen LogP contribution in [0.3, 0.4) is 0 Å². The van der Waals surface area contributed by atoms with Crippen LogP contribution in [0.2, 0.25) is 0 Å². The first-order chi connectivity index (χ1) is 12.9. The number of ketones is 1. The van der Waals surface area contributed by atoms with Crippen LogP contribution in [0.4, 0.5) is 4.39 Å². The summed E-state index contributed by atoms with van der Waals surface area (Å²) in [6.07, 6.45) is 3.45. The topological polar surface area (TPSA) is 44.8 Å². The van der Waals surface area contributed by atoms with Gasteiger partial charge in [-0.2, -0.15) is 0 Å². The zero-order valence-corrected chi connectivity index (χ0v) is 16.4. The molecule has 1 heterocycles. The Bertz CT molecular complexity index is 729. The van der Waals surface area contributed by atoms with Crippen LogP contribution in [0.5, 0.6) is 0 Å². The molecule has 2 saturated carbocycles. The zero-order valence-electron chi connectivity index (χ0n) is 16.4. The smallest absolute Gasteiger partial charge is 0.174 e. The highest BCUT2D eigenvalue weighted by Crippen LogP contribution is 2.65. The Morgan fingerprint density at radius 2 is 1.96 bits per heavy atom. The van der Waals surface area contributed by atoms with Gasteiger partial charge in [-0.1, -0.05) is 19.1 Å². The number of ether oxygens (including phenoxy) is 3. The molecule has 4 rings (SSSR count). The third-order valence-corrected chi connectivity index (χ3v) is 7.52. The Morgan fingerprint density at radius 3 is 2.63 bits per heavy atom. The normalized spacial score (nSPS) is 36.6. The van der Waals surface area contributed by atoms with Gasteiger partial charge in [0.15, 0.2) is 5.79 Å². The summed E-state index contributed by atoms with van der Waals surface area (Å²) in [5, 5.41) is 0. The largest absolute Gasteiger partial charge is 0.376 e. The lowest BCUT2D eigenvalue weighted by molar-refractivity contribution is -0.292. The predicted octanol–water partition coefficient (Wildman–Crippen LogP) is 4.43. The minimum atomic E-state index is -0.752. The zero-order chi connectivity index (χ0) is 19.3. The molecule has 148 valence electrons. The molecule has 3 aliphatic rings. The number of rotatable bonds is 3. The maximum Gasteiger partial charge on any atom is 0.174 e. The molecule has 0 N–H and O–H groups in total. The number of hydrogen-bond acceptors (Lipinski definition) is 4. The van der Waals surface area contributed by atoms with Crippen molar-refractivity contribution in [1.29, 1.82) is 0 Å².